The lowest BCUT2D eigenvalue weighted by Gasteiger charge is -2.10. The van der Waals surface area contributed by atoms with Gasteiger partial charge in [-0.3, -0.25) is 4.79 Å². The molecule has 3 aromatic rings. The Balaban J connectivity index is 1.45. The summed E-state index contributed by atoms with van der Waals surface area (Å²) in [4.78, 5) is 47.8. The molecule has 0 aromatic heterocycles. The number of carbonyl (C=O) groups is 4. The predicted octanol–water partition coefficient (Wildman–Crippen LogP) is 5.63. The van der Waals surface area contributed by atoms with Crippen LogP contribution in [-0.2, 0) is 14.3 Å². The zero-order valence-electron chi connectivity index (χ0n) is 21.0. The molecule has 8 heteroatoms. The molecule has 0 saturated heterocycles. The third kappa shape index (κ3) is 8.74. The fourth-order valence-electron chi connectivity index (χ4n) is 3.32. The molecule has 0 N–H and O–H groups in total. The van der Waals surface area contributed by atoms with Crippen molar-refractivity contribution in [1.29, 1.82) is 0 Å². The molecule has 38 heavy (non-hydrogen) atoms. The Morgan fingerprint density at radius 1 is 0.737 bits per heavy atom. The molecule has 0 aliphatic carbocycles. The van der Waals surface area contributed by atoms with Crippen LogP contribution in [0, 0.1) is 6.92 Å². The second kappa shape index (κ2) is 14.1. The molecular formula is C30H28O8. The molecule has 3 aromatic carbocycles. The van der Waals surface area contributed by atoms with Crippen LogP contribution in [0.1, 0.15) is 52.0 Å². The minimum atomic E-state index is -0.589. The van der Waals surface area contributed by atoms with Crippen LogP contribution in [0.3, 0.4) is 0 Å². The molecule has 196 valence electrons. The van der Waals surface area contributed by atoms with E-state index >= 15 is 0 Å². The highest BCUT2D eigenvalue weighted by molar-refractivity contribution is 5.92. The largest absolute Gasteiger partial charge is 0.463 e. The second-order valence-corrected chi connectivity index (χ2v) is 8.25. The van der Waals surface area contributed by atoms with Crippen LogP contribution in [0.2, 0.25) is 0 Å². The van der Waals surface area contributed by atoms with Crippen LogP contribution in [0.15, 0.2) is 85.5 Å². The first kappa shape index (κ1) is 27.9. The Hall–Kier alpha value is -4.72. The van der Waals surface area contributed by atoms with Gasteiger partial charge in [0.2, 0.25) is 0 Å². The Bertz CT molecular complexity index is 1280. The van der Waals surface area contributed by atoms with Crippen LogP contribution in [-0.4, -0.2) is 30.5 Å². The van der Waals surface area contributed by atoms with Gasteiger partial charge in [-0.15, -0.1) is 0 Å². The fourth-order valence-corrected chi connectivity index (χ4v) is 3.32. The van der Waals surface area contributed by atoms with E-state index in [1.165, 1.54) is 30.3 Å². The summed E-state index contributed by atoms with van der Waals surface area (Å²) >= 11 is 0. The van der Waals surface area contributed by atoms with Gasteiger partial charge in [-0.1, -0.05) is 24.8 Å². The molecule has 0 radical (unpaired) electrons. The van der Waals surface area contributed by atoms with Crippen molar-refractivity contribution in [2.75, 3.05) is 6.61 Å². The average Bonchev–Trinajstić information content (AvgIpc) is 2.92. The molecule has 0 atom stereocenters. The van der Waals surface area contributed by atoms with E-state index in [4.69, 9.17) is 18.9 Å². The number of esters is 4. The van der Waals surface area contributed by atoms with Crippen LogP contribution in [0.5, 0.6) is 17.2 Å². The Morgan fingerprint density at radius 2 is 1.39 bits per heavy atom. The highest BCUT2D eigenvalue weighted by Crippen LogP contribution is 2.25. The molecule has 0 fully saturated rings. The molecule has 3 rings (SSSR count). The number of hydrogen-bond donors (Lipinski definition) is 0. The number of aryl methyl sites for hydroxylation is 1. The minimum absolute atomic E-state index is 0.217. The fraction of sp³-hybridized carbons (Fsp3) is 0.200. The van der Waals surface area contributed by atoms with Crippen LogP contribution < -0.4 is 14.2 Å². The van der Waals surface area contributed by atoms with Crippen molar-refractivity contribution in [3.05, 3.63) is 102 Å². The van der Waals surface area contributed by atoms with Crippen LogP contribution in [0.4, 0.5) is 0 Å². The molecular weight excluding hydrogens is 488 g/mol. The smallest absolute Gasteiger partial charge is 0.343 e. The lowest BCUT2D eigenvalue weighted by atomic mass is 10.2. The first-order valence-corrected chi connectivity index (χ1v) is 12.1. The van der Waals surface area contributed by atoms with Gasteiger partial charge in [0.05, 0.1) is 17.7 Å². The third-order valence-electron chi connectivity index (χ3n) is 5.33. The molecule has 0 unspecified atom stereocenters. The van der Waals surface area contributed by atoms with E-state index in [1.54, 1.807) is 43.3 Å². The van der Waals surface area contributed by atoms with Crippen molar-refractivity contribution in [3.8, 4) is 17.2 Å². The number of benzene rings is 3. The van der Waals surface area contributed by atoms with Crippen LogP contribution >= 0.6 is 0 Å². The normalized spacial score (nSPS) is 10.2. The van der Waals surface area contributed by atoms with E-state index in [0.29, 0.717) is 47.6 Å². The predicted molar refractivity (Wildman–Crippen MR) is 139 cm³/mol. The zero-order chi connectivity index (χ0) is 27.3. The van der Waals surface area contributed by atoms with Gasteiger partial charge in [0.1, 0.15) is 17.2 Å². The van der Waals surface area contributed by atoms with Gasteiger partial charge in [-0.25, -0.2) is 14.4 Å². The van der Waals surface area contributed by atoms with E-state index < -0.39 is 23.9 Å². The SMILES string of the molecule is C=CC(=O)OCCCCCC(=O)Oc1ccc(C(=O)Oc2ccc(OC(=O)c3ccccc3)c(C)c2)cc1. The number of hydrogen-bond acceptors (Lipinski definition) is 8. The van der Waals surface area contributed by atoms with Gasteiger partial charge >= 0.3 is 23.9 Å². The van der Waals surface area contributed by atoms with Crippen molar-refractivity contribution < 1.29 is 38.1 Å². The van der Waals surface area contributed by atoms with Crippen molar-refractivity contribution in [3.63, 3.8) is 0 Å². The maximum absolute atomic E-state index is 12.5. The zero-order valence-corrected chi connectivity index (χ0v) is 21.0. The molecule has 0 aliphatic rings. The maximum Gasteiger partial charge on any atom is 0.343 e. The molecule has 0 saturated carbocycles. The van der Waals surface area contributed by atoms with E-state index in [1.807, 2.05) is 6.07 Å². The summed E-state index contributed by atoms with van der Waals surface area (Å²) in [5, 5.41) is 0. The van der Waals surface area contributed by atoms with Gasteiger partial charge in [0.25, 0.3) is 0 Å². The highest BCUT2D eigenvalue weighted by atomic mass is 16.5. The number of rotatable bonds is 12. The van der Waals surface area contributed by atoms with Gasteiger partial charge in [0.15, 0.2) is 0 Å². The molecule has 0 heterocycles. The highest BCUT2D eigenvalue weighted by Gasteiger charge is 2.14. The summed E-state index contributed by atoms with van der Waals surface area (Å²) in [6.45, 7) is 5.34. The van der Waals surface area contributed by atoms with Gasteiger partial charge in [-0.2, -0.15) is 0 Å². The summed E-state index contributed by atoms with van der Waals surface area (Å²) in [5.74, 6) is -0.965. The van der Waals surface area contributed by atoms with Crippen molar-refractivity contribution in [1.82, 2.24) is 0 Å². The minimum Gasteiger partial charge on any atom is -0.463 e. The monoisotopic (exact) mass is 516 g/mol. The first-order chi connectivity index (χ1) is 18.4. The van der Waals surface area contributed by atoms with Crippen LogP contribution in [0.25, 0.3) is 0 Å². The first-order valence-electron chi connectivity index (χ1n) is 12.1. The van der Waals surface area contributed by atoms with Crippen molar-refractivity contribution in [2.24, 2.45) is 0 Å². The summed E-state index contributed by atoms with van der Waals surface area (Å²) < 4.78 is 21.0. The van der Waals surface area contributed by atoms with Crippen molar-refractivity contribution >= 4 is 23.9 Å². The van der Waals surface area contributed by atoms with E-state index in [2.05, 4.69) is 6.58 Å². The Labute approximate surface area is 220 Å². The standard InChI is InChI=1S/C30H28O8/c1-3-27(31)35-19-9-5-8-12-28(32)36-24-15-13-23(14-16-24)29(33)37-25-17-18-26(21(2)20-25)38-30(34)22-10-6-4-7-11-22/h3-4,6-7,10-11,13-18,20H,1,5,8-9,12,19H2,2H3. The van der Waals surface area contributed by atoms with E-state index in [-0.39, 0.29) is 18.6 Å². The van der Waals surface area contributed by atoms with Gasteiger partial charge in [0, 0.05) is 12.5 Å². The van der Waals surface area contributed by atoms with Gasteiger partial charge < -0.3 is 18.9 Å². The summed E-state index contributed by atoms with van der Waals surface area (Å²) in [5.41, 5.74) is 1.33. The lowest BCUT2D eigenvalue weighted by molar-refractivity contribution is -0.138. The van der Waals surface area contributed by atoms with Gasteiger partial charge in [-0.05, 0) is 86.3 Å². The van der Waals surface area contributed by atoms with E-state index in [0.717, 1.165) is 6.08 Å². The molecule has 0 aliphatic heterocycles. The quantitative estimate of drug-likeness (QED) is 0.132. The average molecular weight is 517 g/mol. The maximum atomic E-state index is 12.5. The molecule has 8 nitrogen and oxygen atoms in total. The molecule has 0 spiro atoms. The lowest BCUT2D eigenvalue weighted by Crippen LogP contribution is -2.11. The molecule has 0 bridgehead atoms. The van der Waals surface area contributed by atoms with Crippen molar-refractivity contribution in [2.45, 2.75) is 32.6 Å². The summed E-state index contributed by atoms with van der Waals surface area (Å²) in [6, 6.07) is 19.4. The number of unbranched alkanes of at least 4 members (excludes halogenated alkanes) is 2. The third-order valence-corrected chi connectivity index (χ3v) is 5.33. The Morgan fingerprint density at radius 3 is 2.08 bits per heavy atom. The number of carbonyl (C=O) groups excluding carboxylic acids is 4. The van der Waals surface area contributed by atoms with E-state index in [9.17, 15) is 19.2 Å². The number of ether oxygens (including phenoxy) is 4. The Kier molecular flexibility index (Phi) is 10.4. The second-order valence-electron chi connectivity index (χ2n) is 8.25. The summed E-state index contributed by atoms with van der Waals surface area (Å²) in [6.07, 6.45) is 3.27. The molecule has 0 amide bonds. The topological polar surface area (TPSA) is 105 Å². The summed E-state index contributed by atoms with van der Waals surface area (Å²) in [7, 11) is 0.